The normalized spacial score (nSPS) is 13.9. The minimum Gasteiger partial charge on any atom is -0.445 e. The van der Waals surface area contributed by atoms with Crippen LogP contribution in [0.1, 0.15) is 49.7 Å². The summed E-state index contributed by atoms with van der Waals surface area (Å²) in [5, 5.41) is 6.70. The molecule has 3 aromatic carbocycles. The summed E-state index contributed by atoms with van der Waals surface area (Å²) >= 11 is 0. The van der Waals surface area contributed by atoms with E-state index in [1.54, 1.807) is 0 Å². The first kappa shape index (κ1) is 22.9. The van der Waals surface area contributed by atoms with Crippen molar-refractivity contribution in [3.8, 4) is 11.1 Å². The zero-order valence-corrected chi connectivity index (χ0v) is 19.3. The third-order valence-electron chi connectivity index (χ3n) is 6.26. The largest absolute Gasteiger partial charge is 0.445 e. The van der Waals surface area contributed by atoms with Crippen molar-refractivity contribution in [1.29, 1.82) is 0 Å². The monoisotopic (exact) mass is 442 g/mol. The van der Waals surface area contributed by atoms with Crippen LogP contribution in [0.15, 0.2) is 78.9 Å². The zero-order valence-electron chi connectivity index (χ0n) is 19.3. The van der Waals surface area contributed by atoms with Gasteiger partial charge in [0.25, 0.3) is 0 Å². The Morgan fingerprint density at radius 3 is 2.33 bits per heavy atom. The van der Waals surface area contributed by atoms with Gasteiger partial charge in [0, 0.05) is 23.8 Å². The van der Waals surface area contributed by atoms with Crippen molar-refractivity contribution < 1.29 is 9.53 Å². The highest BCUT2D eigenvalue weighted by atomic mass is 16.5. The SMILES string of the molecule is O=C(NCCCc1ccc(-c2ccccc2)c(NC2CCCCC2)c1)OCc1ccccc1. The van der Waals surface area contributed by atoms with E-state index < -0.39 is 0 Å². The molecule has 1 fully saturated rings. The quantitative estimate of drug-likeness (QED) is 0.352. The first-order chi connectivity index (χ1) is 16.3. The molecule has 1 aliphatic rings. The predicted octanol–water partition coefficient (Wildman–Crippen LogP) is 6.96. The lowest BCUT2D eigenvalue weighted by Gasteiger charge is -2.25. The molecular formula is C29H34N2O2. The summed E-state index contributed by atoms with van der Waals surface area (Å²) in [5.41, 5.74) is 6.00. The van der Waals surface area contributed by atoms with Crippen LogP contribution >= 0.6 is 0 Å². The number of carbonyl (C=O) groups excluding carboxylic acids is 1. The summed E-state index contributed by atoms with van der Waals surface area (Å²) in [6, 6.07) is 27.6. The Bertz CT molecular complexity index is 999. The number of hydrogen-bond donors (Lipinski definition) is 2. The Balaban J connectivity index is 1.31. The highest BCUT2D eigenvalue weighted by Gasteiger charge is 2.15. The Labute approximate surface area is 197 Å². The van der Waals surface area contributed by atoms with Gasteiger partial charge in [0.2, 0.25) is 0 Å². The van der Waals surface area contributed by atoms with Crippen LogP contribution in [0.3, 0.4) is 0 Å². The molecule has 2 N–H and O–H groups in total. The average Bonchev–Trinajstić information content (AvgIpc) is 2.87. The van der Waals surface area contributed by atoms with Gasteiger partial charge in [-0.05, 0) is 48.4 Å². The molecule has 0 aliphatic heterocycles. The van der Waals surface area contributed by atoms with Gasteiger partial charge in [0.1, 0.15) is 6.61 Å². The van der Waals surface area contributed by atoms with E-state index in [9.17, 15) is 4.79 Å². The number of benzene rings is 3. The Morgan fingerprint density at radius 1 is 0.848 bits per heavy atom. The van der Waals surface area contributed by atoms with Crippen LogP contribution in [-0.2, 0) is 17.8 Å². The first-order valence-corrected chi connectivity index (χ1v) is 12.2. The third-order valence-corrected chi connectivity index (χ3v) is 6.26. The van der Waals surface area contributed by atoms with Gasteiger partial charge in [-0.3, -0.25) is 0 Å². The molecule has 4 nitrogen and oxygen atoms in total. The van der Waals surface area contributed by atoms with Gasteiger partial charge in [0.15, 0.2) is 0 Å². The number of nitrogens with one attached hydrogen (secondary N) is 2. The Kier molecular flexibility index (Phi) is 8.40. The summed E-state index contributed by atoms with van der Waals surface area (Å²) in [4.78, 5) is 12.0. The molecule has 1 amide bonds. The summed E-state index contributed by atoms with van der Waals surface area (Å²) in [5.74, 6) is 0. The van der Waals surface area contributed by atoms with Crippen LogP contribution in [0, 0.1) is 0 Å². The van der Waals surface area contributed by atoms with E-state index in [1.807, 2.05) is 30.3 Å². The highest BCUT2D eigenvalue weighted by Crippen LogP contribution is 2.32. The molecule has 172 valence electrons. The number of anilines is 1. The molecule has 0 bridgehead atoms. The second kappa shape index (κ2) is 12.1. The molecule has 3 aromatic rings. The molecule has 0 radical (unpaired) electrons. The van der Waals surface area contributed by atoms with Gasteiger partial charge in [-0.25, -0.2) is 4.79 Å². The van der Waals surface area contributed by atoms with Gasteiger partial charge in [0.05, 0.1) is 0 Å². The van der Waals surface area contributed by atoms with Crippen LogP contribution in [-0.4, -0.2) is 18.7 Å². The molecule has 4 rings (SSSR count). The molecule has 33 heavy (non-hydrogen) atoms. The molecule has 0 atom stereocenters. The van der Waals surface area contributed by atoms with E-state index in [-0.39, 0.29) is 6.09 Å². The van der Waals surface area contributed by atoms with E-state index in [1.165, 1.54) is 54.5 Å². The van der Waals surface area contributed by atoms with E-state index in [0.717, 1.165) is 18.4 Å². The van der Waals surface area contributed by atoms with Gasteiger partial charge in [-0.2, -0.15) is 0 Å². The third kappa shape index (κ3) is 7.11. The number of ether oxygens (including phenoxy) is 1. The molecule has 0 aromatic heterocycles. The van der Waals surface area contributed by atoms with Crippen LogP contribution in [0.2, 0.25) is 0 Å². The maximum Gasteiger partial charge on any atom is 0.407 e. The van der Waals surface area contributed by atoms with Gasteiger partial charge < -0.3 is 15.4 Å². The van der Waals surface area contributed by atoms with Crippen molar-refractivity contribution in [2.75, 3.05) is 11.9 Å². The lowest BCUT2D eigenvalue weighted by atomic mass is 9.94. The van der Waals surface area contributed by atoms with E-state index in [2.05, 4.69) is 59.2 Å². The second-order valence-corrected chi connectivity index (χ2v) is 8.82. The zero-order chi connectivity index (χ0) is 22.7. The number of rotatable bonds is 9. The van der Waals surface area contributed by atoms with E-state index in [4.69, 9.17) is 4.74 Å². The second-order valence-electron chi connectivity index (χ2n) is 8.82. The smallest absolute Gasteiger partial charge is 0.407 e. The molecule has 0 saturated heterocycles. The van der Waals surface area contributed by atoms with Crippen molar-refractivity contribution in [2.24, 2.45) is 0 Å². The van der Waals surface area contributed by atoms with Crippen molar-refractivity contribution in [3.63, 3.8) is 0 Å². The molecule has 4 heteroatoms. The molecular weight excluding hydrogens is 408 g/mol. The van der Waals surface area contributed by atoms with Gasteiger partial charge in [-0.1, -0.05) is 92.1 Å². The van der Waals surface area contributed by atoms with Crippen LogP contribution in [0.5, 0.6) is 0 Å². The summed E-state index contributed by atoms with van der Waals surface area (Å²) in [6.07, 6.45) is 7.87. The maximum atomic E-state index is 12.0. The van der Waals surface area contributed by atoms with Crippen molar-refractivity contribution >= 4 is 11.8 Å². The van der Waals surface area contributed by atoms with E-state index >= 15 is 0 Å². The molecule has 0 spiro atoms. The fraction of sp³-hybridized carbons (Fsp3) is 0.345. The van der Waals surface area contributed by atoms with Gasteiger partial charge >= 0.3 is 6.09 Å². The lowest BCUT2D eigenvalue weighted by molar-refractivity contribution is 0.139. The number of alkyl carbamates (subject to hydrolysis) is 1. The van der Waals surface area contributed by atoms with Gasteiger partial charge in [-0.15, -0.1) is 0 Å². The average molecular weight is 443 g/mol. The Hall–Kier alpha value is -3.27. The van der Waals surface area contributed by atoms with Crippen molar-refractivity contribution in [1.82, 2.24) is 5.32 Å². The minimum atomic E-state index is -0.363. The van der Waals surface area contributed by atoms with Crippen LogP contribution < -0.4 is 10.6 Å². The molecule has 0 unspecified atom stereocenters. The molecule has 0 heterocycles. The van der Waals surface area contributed by atoms with Crippen LogP contribution in [0.25, 0.3) is 11.1 Å². The van der Waals surface area contributed by atoms with Crippen molar-refractivity contribution in [2.45, 2.75) is 57.6 Å². The summed E-state index contributed by atoms with van der Waals surface area (Å²) < 4.78 is 5.29. The number of hydrogen-bond acceptors (Lipinski definition) is 3. The lowest BCUT2D eigenvalue weighted by Crippen LogP contribution is -2.25. The topological polar surface area (TPSA) is 50.4 Å². The van der Waals surface area contributed by atoms with Crippen molar-refractivity contribution in [3.05, 3.63) is 90.0 Å². The number of aryl methyl sites for hydroxylation is 1. The standard InChI is InChI=1S/C29H34N2O2/c32-29(33-22-24-11-4-1-5-12-24)30-20-10-13-23-18-19-27(25-14-6-2-7-15-25)28(21-23)31-26-16-8-3-9-17-26/h1-2,4-7,11-12,14-15,18-19,21,26,31H,3,8-10,13,16-17,20,22H2,(H,30,32). The summed E-state index contributed by atoms with van der Waals surface area (Å²) in [6.45, 7) is 0.892. The molecule has 1 aliphatic carbocycles. The predicted molar refractivity (Wildman–Crippen MR) is 135 cm³/mol. The minimum absolute atomic E-state index is 0.295. The number of carbonyl (C=O) groups is 1. The fourth-order valence-corrected chi connectivity index (χ4v) is 4.46. The maximum absolute atomic E-state index is 12.0. The highest BCUT2D eigenvalue weighted by molar-refractivity contribution is 5.78. The van der Waals surface area contributed by atoms with Crippen LogP contribution in [0.4, 0.5) is 10.5 Å². The summed E-state index contributed by atoms with van der Waals surface area (Å²) in [7, 11) is 0. The Morgan fingerprint density at radius 2 is 1.58 bits per heavy atom. The first-order valence-electron chi connectivity index (χ1n) is 12.2. The number of amides is 1. The molecule has 1 saturated carbocycles. The fourth-order valence-electron chi connectivity index (χ4n) is 4.46. The van der Waals surface area contributed by atoms with E-state index in [0.29, 0.717) is 19.2 Å².